The van der Waals surface area contributed by atoms with Gasteiger partial charge in [-0.15, -0.1) is 0 Å². The van der Waals surface area contributed by atoms with Crippen LogP contribution in [0.1, 0.15) is 68.6 Å². The van der Waals surface area contributed by atoms with Gasteiger partial charge in [-0.05, 0) is 81.2 Å². The van der Waals surface area contributed by atoms with Gasteiger partial charge in [0.25, 0.3) is 5.91 Å². The second kappa shape index (κ2) is 10.0. The standard InChI is InChI=1S/C27H36N4O4S/c1-19(32)18-28-24-10-9-23(25(30-24)31-15-13-27(11-12-27)14-16-31)26(33)29-20-5-4-8-22(17-20)36(34,35)21-6-2-3-7-21/h4-5,8-10,17,19,21,32H,2-3,6-7,11-16,18H2,1H3,(H,28,30)(H,29,33)/t19-/m1/s1. The average Bonchev–Trinajstić information content (AvgIpc) is 3.37. The monoisotopic (exact) mass is 512 g/mol. The van der Waals surface area contributed by atoms with Crippen LogP contribution in [0.5, 0.6) is 0 Å². The van der Waals surface area contributed by atoms with Gasteiger partial charge in [-0.3, -0.25) is 4.79 Å². The highest BCUT2D eigenvalue weighted by atomic mass is 32.2. The van der Waals surface area contributed by atoms with Gasteiger partial charge in [0.15, 0.2) is 9.84 Å². The molecule has 1 atom stereocenters. The average molecular weight is 513 g/mol. The lowest BCUT2D eigenvalue weighted by Crippen LogP contribution is -2.36. The predicted octanol–water partition coefficient (Wildman–Crippen LogP) is 4.22. The maximum absolute atomic E-state index is 13.4. The van der Waals surface area contributed by atoms with Gasteiger partial charge in [-0.25, -0.2) is 13.4 Å². The van der Waals surface area contributed by atoms with E-state index in [2.05, 4.69) is 15.5 Å². The van der Waals surface area contributed by atoms with Crippen molar-refractivity contribution in [3.8, 4) is 0 Å². The number of amides is 1. The highest BCUT2D eigenvalue weighted by molar-refractivity contribution is 7.92. The molecule has 3 aliphatic rings. The van der Waals surface area contributed by atoms with Crippen LogP contribution in [0.4, 0.5) is 17.3 Å². The van der Waals surface area contributed by atoms with Crippen LogP contribution in [0.2, 0.25) is 0 Å². The Morgan fingerprint density at radius 1 is 1.14 bits per heavy atom. The molecular formula is C27H36N4O4S. The lowest BCUT2D eigenvalue weighted by molar-refractivity contribution is 0.102. The normalized spacial score (nSPS) is 20.3. The second-order valence-electron chi connectivity index (χ2n) is 10.7. The number of piperidine rings is 1. The predicted molar refractivity (Wildman–Crippen MR) is 141 cm³/mol. The fourth-order valence-corrected chi connectivity index (χ4v) is 7.33. The van der Waals surface area contributed by atoms with E-state index in [1.807, 2.05) is 0 Å². The molecule has 194 valence electrons. The Morgan fingerprint density at radius 2 is 1.86 bits per heavy atom. The Hall–Kier alpha value is -2.65. The molecule has 5 rings (SSSR count). The van der Waals surface area contributed by atoms with Crippen LogP contribution in [-0.2, 0) is 9.84 Å². The first-order chi connectivity index (χ1) is 17.3. The minimum atomic E-state index is -3.41. The summed E-state index contributed by atoms with van der Waals surface area (Å²) in [5.41, 5.74) is 1.40. The van der Waals surface area contributed by atoms with Crippen molar-refractivity contribution in [3.63, 3.8) is 0 Å². The molecule has 0 radical (unpaired) electrons. The first kappa shape index (κ1) is 25.0. The molecule has 2 aliphatic carbocycles. The van der Waals surface area contributed by atoms with Crippen molar-refractivity contribution in [2.75, 3.05) is 35.2 Å². The van der Waals surface area contributed by atoms with Gasteiger partial charge in [0.1, 0.15) is 11.6 Å². The van der Waals surface area contributed by atoms with E-state index in [-0.39, 0.29) is 16.1 Å². The number of hydrogen-bond acceptors (Lipinski definition) is 7. The van der Waals surface area contributed by atoms with E-state index >= 15 is 0 Å². The van der Waals surface area contributed by atoms with Crippen LogP contribution in [0.15, 0.2) is 41.3 Å². The van der Waals surface area contributed by atoms with Crippen LogP contribution < -0.4 is 15.5 Å². The summed E-state index contributed by atoms with van der Waals surface area (Å²) in [5.74, 6) is 0.911. The summed E-state index contributed by atoms with van der Waals surface area (Å²) in [4.78, 5) is 20.6. The molecular weight excluding hydrogens is 476 g/mol. The fourth-order valence-electron chi connectivity index (χ4n) is 5.43. The minimum absolute atomic E-state index is 0.258. The Balaban J connectivity index is 1.38. The smallest absolute Gasteiger partial charge is 0.259 e. The number of hydrogen-bond donors (Lipinski definition) is 3. The molecule has 1 saturated heterocycles. The third kappa shape index (κ3) is 5.37. The number of nitrogens with zero attached hydrogens (tertiary/aromatic N) is 2. The zero-order valence-corrected chi connectivity index (χ0v) is 21.7. The van der Waals surface area contributed by atoms with Gasteiger partial charge in [-0.2, -0.15) is 0 Å². The van der Waals surface area contributed by atoms with Crippen LogP contribution >= 0.6 is 0 Å². The summed E-state index contributed by atoms with van der Waals surface area (Å²) >= 11 is 0. The van der Waals surface area contributed by atoms with Crippen molar-refractivity contribution in [3.05, 3.63) is 42.0 Å². The SMILES string of the molecule is C[C@@H](O)CNc1ccc(C(=O)Nc2cccc(S(=O)(=O)C3CCCC3)c2)c(N2CCC3(CC2)CC3)n1. The molecule has 1 amide bonds. The number of nitrogens with one attached hydrogen (secondary N) is 2. The second-order valence-corrected chi connectivity index (χ2v) is 12.9. The lowest BCUT2D eigenvalue weighted by Gasteiger charge is -2.34. The molecule has 1 aromatic heterocycles. The van der Waals surface area contributed by atoms with E-state index in [0.717, 1.165) is 38.8 Å². The van der Waals surface area contributed by atoms with Gasteiger partial charge in [-0.1, -0.05) is 18.9 Å². The molecule has 3 fully saturated rings. The van der Waals surface area contributed by atoms with E-state index < -0.39 is 15.9 Å². The number of pyridine rings is 1. The third-order valence-electron chi connectivity index (χ3n) is 7.94. The fraction of sp³-hybridized carbons (Fsp3) is 0.556. The summed E-state index contributed by atoms with van der Waals surface area (Å²) < 4.78 is 26.1. The molecule has 1 aromatic carbocycles. The van der Waals surface area contributed by atoms with Gasteiger partial charge >= 0.3 is 0 Å². The van der Waals surface area contributed by atoms with Crippen molar-refractivity contribution in [2.45, 2.75) is 74.5 Å². The van der Waals surface area contributed by atoms with Crippen molar-refractivity contribution in [2.24, 2.45) is 5.41 Å². The van der Waals surface area contributed by atoms with E-state index in [4.69, 9.17) is 4.98 Å². The van der Waals surface area contributed by atoms with Crippen LogP contribution in [-0.4, -0.2) is 55.4 Å². The van der Waals surface area contributed by atoms with Gasteiger partial charge in [0.2, 0.25) is 0 Å². The molecule has 0 unspecified atom stereocenters. The van der Waals surface area contributed by atoms with Gasteiger partial charge in [0, 0.05) is 25.3 Å². The summed E-state index contributed by atoms with van der Waals surface area (Å²) in [6, 6.07) is 10.1. The van der Waals surface area contributed by atoms with Crippen LogP contribution in [0.25, 0.3) is 0 Å². The molecule has 1 aliphatic heterocycles. The number of rotatable bonds is 8. The van der Waals surface area contributed by atoms with Crippen LogP contribution in [0, 0.1) is 5.41 Å². The zero-order chi connectivity index (χ0) is 25.3. The summed E-state index contributed by atoms with van der Waals surface area (Å²) in [5, 5.41) is 15.3. The molecule has 0 bridgehead atoms. The minimum Gasteiger partial charge on any atom is -0.392 e. The molecule has 3 N–H and O–H groups in total. The number of benzene rings is 1. The number of aromatic nitrogens is 1. The summed E-state index contributed by atoms with van der Waals surface area (Å²) in [6.45, 7) is 3.77. The largest absolute Gasteiger partial charge is 0.392 e. The van der Waals surface area contributed by atoms with E-state index in [0.29, 0.717) is 47.7 Å². The maximum atomic E-state index is 13.4. The van der Waals surface area contributed by atoms with Crippen molar-refractivity contribution in [1.29, 1.82) is 0 Å². The molecule has 2 saturated carbocycles. The Labute approximate surface area is 213 Å². The topological polar surface area (TPSA) is 112 Å². The Bertz CT molecular complexity index is 1210. The van der Waals surface area contributed by atoms with Crippen molar-refractivity contribution < 1.29 is 18.3 Å². The van der Waals surface area contributed by atoms with E-state index in [1.54, 1.807) is 43.3 Å². The number of sulfone groups is 1. The third-order valence-corrected chi connectivity index (χ3v) is 10.2. The van der Waals surface area contributed by atoms with Crippen LogP contribution in [0.3, 0.4) is 0 Å². The lowest BCUT2D eigenvalue weighted by atomic mass is 9.93. The molecule has 2 heterocycles. The molecule has 36 heavy (non-hydrogen) atoms. The number of carbonyl (C=O) groups excluding carboxylic acids is 1. The Morgan fingerprint density at radius 3 is 2.53 bits per heavy atom. The van der Waals surface area contributed by atoms with Crippen molar-refractivity contribution >= 4 is 33.1 Å². The number of carbonyl (C=O) groups is 1. The Kier molecular flexibility index (Phi) is 6.96. The summed E-state index contributed by atoms with van der Waals surface area (Å²) in [7, 11) is -3.41. The van der Waals surface area contributed by atoms with E-state index in [1.165, 1.54) is 12.8 Å². The number of aliphatic hydroxyl groups excluding tert-OH is 1. The van der Waals surface area contributed by atoms with Crippen molar-refractivity contribution in [1.82, 2.24) is 4.98 Å². The molecule has 9 heteroatoms. The highest BCUT2D eigenvalue weighted by Gasteiger charge is 2.45. The molecule has 1 spiro atoms. The zero-order valence-electron chi connectivity index (χ0n) is 20.9. The summed E-state index contributed by atoms with van der Waals surface area (Å²) in [6.07, 6.45) is 7.53. The number of anilines is 3. The highest BCUT2D eigenvalue weighted by Crippen LogP contribution is 2.54. The first-order valence-corrected chi connectivity index (χ1v) is 14.6. The molecule has 2 aromatic rings. The molecule has 8 nitrogen and oxygen atoms in total. The number of aliphatic hydroxyl groups is 1. The quantitative estimate of drug-likeness (QED) is 0.485. The first-order valence-electron chi connectivity index (χ1n) is 13.1. The maximum Gasteiger partial charge on any atom is 0.259 e. The van der Waals surface area contributed by atoms with E-state index in [9.17, 15) is 18.3 Å². The van der Waals surface area contributed by atoms with Gasteiger partial charge in [0.05, 0.1) is 21.8 Å². The van der Waals surface area contributed by atoms with Gasteiger partial charge < -0.3 is 20.6 Å².